The standard InChI is InChI=1S/C12H18N2O/c1-8-7-11(9(2)14-13-8)12(15)10-5-3-4-6-10/h7,10,12,15H,3-6H2,1-2H3. The van der Waals surface area contributed by atoms with E-state index in [1.807, 2.05) is 19.9 Å². The SMILES string of the molecule is Cc1cc(C(O)C2CCCC2)c(C)nn1. The molecular formula is C12H18N2O. The molecule has 0 aromatic carbocycles. The van der Waals surface area contributed by atoms with Gasteiger partial charge in [-0.2, -0.15) is 10.2 Å². The molecule has 0 saturated heterocycles. The Bertz CT molecular complexity index is 345. The molecule has 3 nitrogen and oxygen atoms in total. The smallest absolute Gasteiger partial charge is 0.0837 e. The zero-order chi connectivity index (χ0) is 10.8. The third-order valence-electron chi connectivity index (χ3n) is 3.30. The molecule has 1 aromatic heterocycles. The molecule has 1 heterocycles. The van der Waals surface area contributed by atoms with E-state index in [-0.39, 0.29) is 6.10 Å². The fourth-order valence-corrected chi connectivity index (χ4v) is 2.40. The van der Waals surface area contributed by atoms with Gasteiger partial charge in [-0.1, -0.05) is 12.8 Å². The maximum Gasteiger partial charge on any atom is 0.0837 e. The maximum absolute atomic E-state index is 10.3. The van der Waals surface area contributed by atoms with E-state index in [1.165, 1.54) is 12.8 Å². The van der Waals surface area contributed by atoms with Crippen LogP contribution in [0.5, 0.6) is 0 Å². The summed E-state index contributed by atoms with van der Waals surface area (Å²) in [5.41, 5.74) is 2.71. The maximum atomic E-state index is 10.3. The van der Waals surface area contributed by atoms with Gasteiger partial charge in [-0.15, -0.1) is 0 Å². The Balaban J connectivity index is 2.23. The molecule has 0 radical (unpaired) electrons. The second kappa shape index (κ2) is 4.27. The minimum atomic E-state index is -0.346. The summed E-state index contributed by atoms with van der Waals surface area (Å²) in [5.74, 6) is 0.423. The van der Waals surface area contributed by atoms with E-state index in [2.05, 4.69) is 10.2 Å². The minimum Gasteiger partial charge on any atom is -0.388 e. The number of aromatic nitrogens is 2. The summed E-state index contributed by atoms with van der Waals surface area (Å²) >= 11 is 0. The highest BCUT2D eigenvalue weighted by Gasteiger charge is 2.26. The highest BCUT2D eigenvalue weighted by molar-refractivity contribution is 5.23. The second-order valence-electron chi connectivity index (χ2n) is 4.52. The van der Waals surface area contributed by atoms with Crippen LogP contribution in [0.25, 0.3) is 0 Å². The van der Waals surface area contributed by atoms with Crippen molar-refractivity contribution >= 4 is 0 Å². The Morgan fingerprint density at radius 2 is 1.93 bits per heavy atom. The number of rotatable bonds is 2. The molecule has 1 atom stereocenters. The van der Waals surface area contributed by atoms with Crippen LogP contribution in [0.1, 0.15) is 48.7 Å². The lowest BCUT2D eigenvalue weighted by Crippen LogP contribution is -2.12. The van der Waals surface area contributed by atoms with Crippen molar-refractivity contribution in [1.82, 2.24) is 10.2 Å². The normalized spacial score (nSPS) is 19.4. The largest absolute Gasteiger partial charge is 0.388 e. The lowest BCUT2D eigenvalue weighted by atomic mass is 9.93. The third kappa shape index (κ3) is 2.17. The summed E-state index contributed by atoms with van der Waals surface area (Å²) in [6.07, 6.45) is 4.43. The Morgan fingerprint density at radius 3 is 2.60 bits per heavy atom. The van der Waals surface area contributed by atoms with Gasteiger partial charge in [-0.25, -0.2) is 0 Å². The average Bonchev–Trinajstić information content (AvgIpc) is 2.74. The topological polar surface area (TPSA) is 46.0 Å². The van der Waals surface area contributed by atoms with Crippen LogP contribution in [0.4, 0.5) is 0 Å². The van der Waals surface area contributed by atoms with Crippen molar-refractivity contribution in [2.75, 3.05) is 0 Å². The number of aliphatic hydroxyl groups is 1. The Morgan fingerprint density at radius 1 is 1.27 bits per heavy atom. The van der Waals surface area contributed by atoms with Gasteiger partial charge in [0, 0.05) is 5.56 Å². The zero-order valence-corrected chi connectivity index (χ0v) is 9.40. The van der Waals surface area contributed by atoms with E-state index in [0.29, 0.717) is 5.92 Å². The minimum absolute atomic E-state index is 0.346. The lowest BCUT2D eigenvalue weighted by Gasteiger charge is -2.19. The van der Waals surface area contributed by atoms with Crippen molar-refractivity contribution in [1.29, 1.82) is 0 Å². The molecule has 0 aliphatic heterocycles. The Hall–Kier alpha value is -0.960. The molecule has 3 heteroatoms. The first-order chi connectivity index (χ1) is 7.18. The highest BCUT2D eigenvalue weighted by Crippen LogP contribution is 2.36. The zero-order valence-electron chi connectivity index (χ0n) is 9.40. The fourth-order valence-electron chi connectivity index (χ4n) is 2.40. The molecule has 82 valence electrons. The fraction of sp³-hybridized carbons (Fsp3) is 0.667. The molecule has 1 aliphatic rings. The molecule has 1 unspecified atom stereocenters. The molecule has 2 rings (SSSR count). The summed E-state index contributed by atoms with van der Waals surface area (Å²) in [7, 11) is 0. The second-order valence-corrected chi connectivity index (χ2v) is 4.52. The predicted molar refractivity (Wildman–Crippen MR) is 58.4 cm³/mol. The van der Waals surface area contributed by atoms with E-state index in [0.717, 1.165) is 29.8 Å². The number of nitrogens with zero attached hydrogens (tertiary/aromatic N) is 2. The van der Waals surface area contributed by atoms with Gasteiger partial charge in [0.15, 0.2) is 0 Å². The van der Waals surface area contributed by atoms with Gasteiger partial charge in [-0.3, -0.25) is 0 Å². The first kappa shape index (κ1) is 10.6. The Labute approximate surface area is 90.5 Å². The first-order valence-corrected chi connectivity index (χ1v) is 5.67. The van der Waals surface area contributed by atoms with Crippen LogP contribution >= 0.6 is 0 Å². The lowest BCUT2D eigenvalue weighted by molar-refractivity contribution is 0.110. The van der Waals surface area contributed by atoms with E-state index in [4.69, 9.17) is 0 Å². The van der Waals surface area contributed by atoms with Crippen molar-refractivity contribution < 1.29 is 5.11 Å². The van der Waals surface area contributed by atoms with E-state index >= 15 is 0 Å². The molecule has 0 spiro atoms. The van der Waals surface area contributed by atoms with Crippen molar-refractivity contribution in [3.05, 3.63) is 23.0 Å². The van der Waals surface area contributed by atoms with E-state index in [9.17, 15) is 5.11 Å². The number of hydrogen-bond donors (Lipinski definition) is 1. The van der Waals surface area contributed by atoms with Crippen LogP contribution in [0.3, 0.4) is 0 Å². The van der Waals surface area contributed by atoms with Crippen molar-refractivity contribution in [2.24, 2.45) is 5.92 Å². The molecule has 1 aromatic rings. The molecule has 1 N–H and O–H groups in total. The monoisotopic (exact) mass is 206 g/mol. The highest BCUT2D eigenvalue weighted by atomic mass is 16.3. The molecular weight excluding hydrogens is 188 g/mol. The summed E-state index contributed by atoms with van der Waals surface area (Å²) < 4.78 is 0. The number of aliphatic hydroxyl groups excluding tert-OH is 1. The van der Waals surface area contributed by atoms with Gasteiger partial charge in [0.05, 0.1) is 17.5 Å². The van der Waals surface area contributed by atoms with Crippen LogP contribution < -0.4 is 0 Å². The van der Waals surface area contributed by atoms with Crippen LogP contribution in [0, 0.1) is 19.8 Å². The summed E-state index contributed by atoms with van der Waals surface area (Å²) in [5, 5.41) is 18.3. The van der Waals surface area contributed by atoms with Gasteiger partial charge in [0.2, 0.25) is 0 Å². The van der Waals surface area contributed by atoms with Crippen LogP contribution in [-0.2, 0) is 0 Å². The van der Waals surface area contributed by atoms with Crippen LogP contribution in [0.2, 0.25) is 0 Å². The molecule has 0 bridgehead atoms. The van der Waals surface area contributed by atoms with Gasteiger partial charge in [-0.05, 0) is 38.7 Å². The van der Waals surface area contributed by atoms with Gasteiger partial charge in [0.25, 0.3) is 0 Å². The van der Waals surface area contributed by atoms with Crippen LogP contribution in [-0.4, -0.2) is 15.3 Å². The molecule has 15 heavy (non-hydrogen) atoms. The molecule has 0 amide bonds. The van der Waals surface area contributed by atoms with Crippen LogP contribution in [0.15, 0.2) is 6.07 Å². The van der Waals surface area contributed by atoms with Crippen molar-refractivity contribution in [3.63, 3.8) is 0 Å². The predicted octanol–water partition coefficient (Wildman–Crippen LogP) is 2.32. The van der Waals surface area contributed by atoms with E-state index in [1.54, 1.807) is 0 Å². The number of hydrogen-bond acceptors (Lipinski definition) is 3. The average molecular weight is 206 g/mol. The summed E-state index contributed by atoms with van der Waals surface area (Å²) in [6, 6.07) is 1.96. The summed E-state index contributed by atoms with van der Waals surface area (Å²) in [4.78, 5) is 0. The van der Waals surface area contributed by atoms with Crippen molar-refractivity contribution in [2.45, 2.75) is 45.6 Å². The molecule has 1 fully saturated rings. The van der Waals surface area contributed by atoms with Gasteiger partial charge in [0.1, 0.15) is 0 Å². The van der Waals surface area contributed by atoms with Gasteiger partial charge >= 0.3 is 0 Å². The molecule has 1 aliphatic carbocycles. The van der Waals surface area contributed by atoms with E-state index < -0.39 is 0 Å². The van der Waals surface area contributed by atoms with Gasteiger partial charge < -0.3 is 5.11 Å². The Kier molecular flexibility index (Phi) is 3.00. The first-order valence-electron chi connectivity index (χ1n) is 5.67. The molecule has 1 saturated carbocycles. The quantitative estimate of drug-likeness (QED) is 0.807. The summed E-state index contributed by atoms with van der Waals surface area (Å²) in [6.45, 7) is 3.83. The van der Waals surface area contributed by atoms with Crippen molar-refractivity contribution in [3.8, 4) is 0 Å². The third-order valence-corrected chi connectivity index (χ3v) is 3.30. The number of aryl methyl sites for hydroxylation is 2.